The van der Waals surface area contributed by atoms with Crippen LogP contribution in [0.1, 0.15) is 43.9 Å². The molecule has 0 saturated heterocycles. The van der Waals surface area contributed by atoms with Crippen molar-refractivity contribution < 1.29 is 9.53 Å². The number of carbonyl (C=O) groups excluding carboxylic acids is 1. The zero-order valence-electron chi connectivity index (χ0n) is 13.2. The topological polar surface area (TPSA) is 38.3 Å². The summed E-state index contributed by atoms with van der Waals surface area (Å²) in [7, 11) is 0. The molecule has 0 spiro atoms. The predicted octanol–water partition coefficient (Wildman–Crippen LogP) is 4.28. The third kappa shape index (κ3) is 2.84. The molecule has 0 radical (unpaired) electrons. The fraction of sp³-hybridized carbons (Fsp3) is 0.316. The van der Waals surface area contributed by atoms with Crippen LogP contribution in [0.2, 0.25) is 0 Å². The highest BCUT2D eigenvalue weighted by Crippen LogP contribution is 2.44. The molecule has 0 unspecified atom stereocenters. The van der Waals surface area contributed by atoms with Gasteiger partial charge in [-0.3, -0.25) is 4.79 Å². The molecule has 3 rings (SSSR count). The summed E-state index contributed by atoms with van der Waals surface area (Å²) >= 11 is 0. The van der Waals surface area contributed by atoms with Crippen molar-refractivity contribution in [3.8, 4) is 0 Å². The summed E-state index contributed by atoms with van der Waals surface area (Å²) < 4.78 is 5.65. The van der Waals surface area contributed by atoms with E-state index < -0.39 is 5.60 Å². The first kappa shape index (κ1) is 14.6. The van der Waals surface area contributed by atoms with Crippen LogP contribution < -0.4 is 5.32 Å². The molecule has 1 N–H and O–H groups in total. The van der Waals surface area contributed by atoms with Crippen LogP contribution in [-0.2, 0) is 9.53 Å². The van der Waals surface area contributed by atoms with Gasteiger partial charge >= 0.3 is 5.97 Å². The lowest BCUT2D eigenvalue weighted by atomic mass is 9.90. The molecular formula is C19H21NO2. The Morgan fingerprint density at radius 2 is 1.64 bits per heavy atom. The van der Waals surface area contributed by atoms with Gasteiger partial charge in [0.2, 0.25) is 0 Å². The lowest BCUT2D eigenvalue weighted by Crippen LogP contribution is -2.30. The first-order valence-corrected chi connectivity index (χ1v) is 7.59. The van der Waals surface area contributed by atoms with Crippen molar-refractivity contribution in [1.29, 1.82) is 0 Å². The van der Waals surface area contributed by atoms with Gasteiger partial charge in [0.25, 0.3) is 0 Å². The second-order valence-electron chi connectivity index (χ2n) is 6.63. The van der Waals surface area contributed by atoms with Gasteiger partial charge in [0.15, 0.2) is 0 Å². The maximum absolute atomic E-state index is 12.7. The molecule has 0 aliphatic carbocycles. The summed E-state index contributed by atoms with van der Waals surface area (Å²) in [5, 5.41) is 3.47. The summed E-state index contributed by atoms with van der Waals surface area (Å²) in [6.07, 6.45) is 0. The fourth-order valence-corrected chi connectivity index (χ4v) is 2.89. The van der Waals surface area contributed by atoms with Crippen molar-refractivity contribution in [2.24, 2.45) is 0 Å². The van der Waals surface area contributed by atoms with E-state index in [9.17, 15) is 4.79 Å². The SMILES string of the molecule is CC(C)(C)OC(=O)[C@H]1c2ccccc2N[C@@H]1c1ccccc1. The molecule has 2 aromatic rings. The number of hydrogen-bond acceptors (Lipinski definition) is 3. The molecule has 2 atom stereocenters. The predicted molar refractivity (Wildman–Crippen MR) is 87.8 cm³/mol. The first-order chi connectivity index (χ1) is 10.5. The van der Waals surface area contributed by atoms with E-state index in [1.165, 1.54) is 0 Å². The normalized spacial score (nSPS) is 20.1. The minimum absolute atomic E-state index is 0.0894. The second kappa shape index (κ2) is 5.48. The fourth-order valence-electron chi connectivity index (χ4n) is 2.89. The van der Waals surface area contributed by atoms with Crippen molar-refractivity contribution in [2.75, 3.05) is 5.32 Å². The molecule has 0 bridgehead atoms. The number of hydrogen-bond donors (Lipinski definition) is 1. The van der Waals surface area contributed by atoms with Crippen molar-refractivity contribution in [3.63, 3.8) is 0 Å². The quantitative estimate of drug-likeness (QED) is 0.840. The average Bonchev–Trinajstić information content (AvgIpc) is 2.86. The molecule has 0 amide bonds. The lowest BCUT2D eigenvalue weighted by Gasteiger charge is -2.25. The number of esters is 1. The number of ether oxygens (including phenoxy) is 1. The van der Waals surface area contributed by atoms with E-state index in [1.54, 1.807) is 0 Å². The van der Waals surface area contributed by atoms with Gasteiger partial charge < -0.3 is 10.1 Å². The highest BCUT2D eigenvalue weighted by atomic mass is 16.6. The molecule has 22 heavy (non-hydrogen) atoms. The Bertz CT molecular complexity index is 673. The lowest BCUT2D eigenvalue weighted by molar-refractivity contribution is -0.157. The van der Waals surface area contributed by atoms with Crippen molar-refractivity contribution in [1.82, 2.24) is 0 Å². The molecule has 114 valence electrons. The number of benzene rings is 2. The summed E-state index contributed by atoms with van der Waals surface area (Å²) in [6, 6.07) is 17.9. The zero-order chi connectivity index (χ0) is 15.7. The van der Waals surface area contributed by atoms with Gasteiger partial charge in [-0.05, 0) is 38.0 Å². The van der Waals surface area contributed by atoms with Gasteiger partial charge in [0.1, 0.15) is 11.5 Å². The van der Waals surface area contributed by atoms with Crippen LogP contribution in [0.15, 0.2) is 54.6 Å². The molecule has 3 heteroatoms. The largest absolute Gasteiger partial charge is 0.459 e. The van der Waals surface area contributed by atoms with E-state index in [-0.39, 0.29) is 17.9 Å². The number of carbonyl (C=O) groups is 1. The number of para-hydroxylation sites is 1. The molecule has 2 aromatic carbocycles. The smallest absolute Gasteiger partial charge is 0.316 e. The summed E-state index contributed by atoms with van der Waals surface area (Å²) in [4.78, 5) is 12.7. The Hall–Kier alpha value is -2.29. The Balaban J connectivity index is 1.99. The highest BCUT2D eigenvalue weighted by Gasteiger charge is 2.40. The van der Waals surface area contributed by atoms with E-state index in [2.05, 4.69) is 5.32 Å². The minimum Gasteiger partial charge on any atom is -0.459 e. The van der Waals surface area contributed by atoms with E-state index in [0.717, 1.165) is 16.8 Å². The van der Waals surface area contributed by atoms with Gasteiger partial charge in [0.05, 0.1) is 6.04 Å². The van der Waals surface area contributed by atoms with Crippen molar-refractivity contribution in [3.05, 3.63) is 65.7 Å². The Morgan fingerprint density at radius 3 is 2.32 bits per heavy atom. The Kier molecular flexibility index (Phi) is 3.65. The van der Waals surface area contributed by atoms with Crippen LogP contribution in [0.5, 0.6) is 0 Å². The summed E-state index contributed by atoms with van der Waals surface area (Å²) in [5.41, 5.74) is 2.61. The summed E-state index contributed by atoms with van der Waals surface area (Å²) in [6.45, 7) is 5.70. The van der Waals surface area contributed by atoms with Gasteiger partial charge in [-0.2, -0.15) is 0 Å². The first-order valence-electron chi connectivity index (χ1n) is 7.59. The van der Waals surface area contributed by atoms with Crippen molar-refractivity contribution >= 4 is 11.7 Å². The maximum Gasteiger partial charge on any atom is 0.316 e. The van der Waals surface area contributed by atoms with E-state index in [1.807, 2.05) is 75.4 Å². The van der Waals surface area contributed by atoms with Gasteiger partial charge in [0, 0.05) is 5.69 Å². The van der Waals surface area contributed by atoms with Crippen LogP contribution in [0.4, 0.5) is 5.69 Å². The standard InChI is InChI=1S/C19H21NO2/c1-19(2,3)22-18(21)16-14-11-7-8-12-15(14)20-17(16)13-9-5-4-6-10-13/h4-12,16-17,20H,1-3H3/t16-,17+/m0/s1. The molecule has 1 aliphatic heterocycles. The molecule has 0 saturated carbocycles. The van der Waals surface area contributed by atoms with E-state index in [0.29, 0.717) is 0 Å². The van der Waals surface area contributed by atoms with Crippen LogP contribution in [0.25, 0.3) is 0 Å². The number of nitrogens with one attached hydrogen (secondary N) is 1. The third-order valence-electron chi connectivity index (χ3n) is 3.76. The highest BCUT2D eigenvalue weighted by molar-refractivity contribution is 5.85. The van der Waals surface area contributed by atoms with Gasteiger partial charge in [-0.25, -0.2) is 0 Å². The molecule has 0 fully saturated rings. The van der Waals surface area contributed by atoms with Crippen LogP contribution in [0, 0.1) is 0 Å². The summed E-state index contributed by atoms with van der Waals surface area (Å²) in [5.74, 6) is -0.503. The average molecular weight is 295 g/mol. The number of fused-ring (bicyclic) bond motifs is 1. The van der Waals surface area contributed by atoms with Crippen molar-refractivity contribution in [2.45, 2.75) is 38.3 Å². The van der Waals surface area contributed by atoms with E-state index in [4.69, 9.17) is 4.74 Å². The number of rotatable bonds is 2. The molecule has 0 aromatic heterocycles. The molecule has 1 aliphatic rings. The van der Waals surface area contributed by atoms with Gasteiger partial charge in [-0.15, -0.1) is 0 Å². The second-order valence-corrected chi connectivity index (χ2v) is 6.63. The third-order valence-corrected chi connectivity index (χ3v) is 3.76. The van der Waals surface area contributed by atoms with Crippen LogP contribution in [-0.4, -0.2) is 11.6 Å². The minimum atomic E-state index is -0.490. The Labute approximate surface area is 131 Å². The molecule has 3 nitrogen and oxygen atoms in total. The van der Waals surface area contributed by atoms with Crippen LogP contribution in [0.3, 0.4) is 0 Å². The monoisotopic (exact) mass is 295 g/mol. The van der Waals surface area contributed by atoms with E-state index >= 15 is 0 Å². The van der Waals surface area contributed by atoms with Gasteiger partial charge in [-0.1, -0.05) is 48.5 Å². The maximum atomic E-state index is 12.7. The Morgan fingerprint density at radius 1 is 1.00 bits per heavy atom. The molecule has 1 heterocycles. The van der Waals surface area contributed by atoms with Crippen LogP contribution >= 0.6 is 0 Å². The zero-order valence-corrected chi connectivity index (χ0v) is 13.2. The number of anilines is 1. The molecular weight excluding hydrogens is 274 g/mol.